The Kier molecular flexibility index (Phi) is 3.28. The van der Waals surface area contributed by atoms with Crippen molar-refractivity contribution in [1.82, 2.24) is 0 Å². The van der Waals surface area contributed by atoms with E-state index in [0.29, 0.717) is 0 Å². The van der Waals surface area contributed by atoms with Crippen molar-refractivity contribution in [2.45, 2.75) is 25.7 Å². The molecular weight excluding hydrogens is 278 g/mol. The summed E-state index contributed by atoms with van der Waals surface area (Å²) in [7, 11) is 0. The van der Waals surface area contributed by atoms with Gasteiger partial charge in [-0.15, -0.1) is 0 Å². The van der Waals surface area contributed by atoms with Crippen LogP contribution in [0, 0.1) is 5.92 Å². The summed E-state index contributed by atoms with van der Waals surface area (Å²) >= 11 is 3.55. The minimum absolute atomic E-state index is 0.821. The summed E-state index contributed by atoms with van der Waals surface area (Å²) in [5.74, 6) is 1.93. The summed E-state index contributed by atoms with van der Waals surface area (Å²) in [6.07, 6.45) is 5.64. The minimum atomic E-state index is 0.821. The Morgan fingerprint density at radius 3 is 2.94 bits per heavy atom. The normalized spacial score (nSPS) is 20.2. The van der Waals surface area contributed by atoms with E-state index < -0.39 is 0 Å². The van der Waals surface area contributed by atoms with Crippen molar-refractivity contribution in [3.8, 4) is 5.75 Å². The molecule has 0 unspecified atom stereocenters. The van der Waals surface area contributed by atoms with Gasteiger partial charge in [0, 0.05) is 11.0 Å². The molecule has 2 nitrogen and oxygen atoms in total. The van der Waals surface area contributed by atoms with Gasteiger partial charge in [-0.3, -0.25) is 0 Å². The van der Waals surface area contributed by atoms with Crippen LogP contribution >= 0.6 is 15.9 Å². The average Bonchev–Trinajstić information content (AvgIpc) is 2.83. The van der Waals surface area contributed by atoms with Gasteiger partial charge in [-0.1, -0.05) is 28.8 Å². The molecule has 0 radical (unpaired) electrons. The van der Waals surface area contributed by atoms with Crippen LogP contribution in [-0.4, -0.2) is 19.7 Å². The molecule has 3 heteroatoms. The van der Waals surface area contributed by atoms with Crippen LogP contribution in [-0.2, 0) is 0 Å². The number of hydrogen-bond donors (Lipinski definition) is 0. The van der Waals surface area contributed by atoms with Crippen molar-refractivity contribution in [3.05, 3.63) is 22.7 Å². The van der Waals surface area contributed by atoms with Crippen molar-refractivity contribution in [2.24, 2.45) is 5.92 Å². The van der Waals surface area contributed by atoms with E-state index in [4.69, 9.17) is 4.74 Å². The van der Waals surface area contributed by atoms with E-state index in [1.807, 2.05) is 0 Å². The third-order valence-electron chi connectivity index (χ3n) is 3.83. The summed E-state index contributed by atoms with van der Waals surface area (Å²) in [4.78, 5) is 2.50. The molecule has 3 rings (SSSR count). The summed E-state index contributed by atoms with van der Waals surface area (Å²) < 4.78 is 6.85. The smallest absolute Gasteiger partial charge is 0.142 e. The fourth-order valence-electron chi connectivity index (χ4n) is 2.94. The second-order valence-corrected chi connectivity index (χ2v) is 5.97. The quantitative estimate of drug-likeness (QED) is 0.822. The van der Waals surface area contributed by atoms with Crippen LogP contribution in [0.4, 0.5) is 5.69 Å². The van der Waals surface area contributed by atoms with E-state index in [9.17, 15) is 0 Å². The number of fused-ring (bicyclic) bond motifs is 1. The molecule has 0 bridgehead atoms. The number of anilines is 1. The predicted molar refractivity (Wildman–Crippen MR) is 73.8 cm³/mol. The van der Waals surface area contributed by atoms with Gasteiger partial charge in [0.1, 0.15) is 12.4 Å². The SMILES string of the molecule is Brc1ccc2c(c1)N(CC1CCCC1)CCO2. The third-order valence-corrected chi connectivity index (χ3v) is 4.33. The Morgan fingerprint density at radius 2 is 2.12 bits per heavy atom. The molecule has 0 N–H and O–H groups in total. The van der Waals surface area contributed by atoms with Gasteiger partial charge < -0.3 is 9.64 Å². The van der Waals surface area contributed by atoms with Gasteiger partial charge in [0.15, 0.2) is 0 Å². The first-order valence-electron chi connectivity index (χ1n) is 6.50. The van der Waals surface area contributed by atoms with Crippen molar-refractivity contribution in [3.63, 3.8) is 0 Å². The van der Waals surface area contributed by atoms with Crippen LogP contribution in [0.5, 0.6) is 5.75 Å². The molecule has 1 heterocycles. The highest BCUT2D eigenvalue weighted by Gasteiger charge is 2.23. The zero-order chi connectivity index (χ0) is 11.7. The maximum Gasteiger partial charge on any atom is 0.142 e. The first-order valence-corrected chi connectivity index (χ1v) is 7.29. The molecule has 1 aromatic carbocycles. The van der Waals surface area contributed by atoms with Crippen molar-refractivity contribution in [1.29, 1.82) is 0 Å². The standard InChI is InChI=1S/C14H18BrNO/c15-12-5-6-14-13(9-12)16(7-8-17-14)10-11-3-1-2-4-11/h5-6,9,11H,1-4,7-8,10H2. The number of benzene rings is 1. The molecule has 1 aliphatic carbocycles. The summed E-state index contributed by atoms with van der Waals surface area (Å²) in [5, 5.41) is 0. The van der Waals surface area contributed by atoms with E-state index in [1.54, 1.807) is 0 Å². The van der Waals surface area contributed by atoms with E-state index in [-0.39, 0.29) is 0 Å². The Balaban J connectivity index is 1.80. The maximum absolute atomic E-state index is 5.71. The van der Waals surface area contributed by atoms with Gasteiger partial charge >= 0.3 is 0 Å². The molecule has 1 aromatic rings. The second-order valence-electron chi connectivity index (χ2n) is 5.06. The van der Waals surface area contributed by atoms with Gasteiger partial charge in [0.05, 0.1) is 12.2 Å². The van der Waals surface area contributed by atoms with Crippen LogP contribution < -0.4 is 9.64 Å². The Hall–Kier alpha value is -0.700. The molecule has 0 atom stereocenters. The highest BCUT2D eigenvalue weighted by molar-refractivity contribution is 9.10. The summed E-state index contributed by atoms with van der Waals surface area (Å²) in [6, 6.07) is 6.31. The Bertz CT molecular complexity index is 401. The molecule has 2 aliphatic rings. The maximum atomic E-state index is 5.71. The molecule has 0 saturated heterocycles. The first kappa shape index (κ1) is 11.4. The molecule has 0 aromatic heterocycles. The number of halogens is 1. The molecule has 92 valence electrons. The van der Waals surface area contributed by atoms with Crippen LogP contribution in [0.2, 0.25) is 0 Å². The topological polar surface area (TPSA) is 12.5 Å². The lowest BCUT2D eigenvalue weighted by Crippen LogP contribution is -2.36. The van der Waals surface area contributed by atoms with E-state index in [0.717, 1.165) is 29.3 Å². The molecule has 1 aliphatic heterocycles. The lowest BCUT2D eigenvalue weighted by Gasteiger charge is -2.33. The van der Waals surface area contributed by atoms with Gasteiger partial charge in [-0.25, -0.2) is 0 Å². The number of rotatable bonds is 2. The Morgan fingerprint density at radius 1 is 1.29 bits per heavy atom. The summed E-state index contributed by atoms with van der Waals surface area (Å²) in [5.41, 5.74) is 1.26. The fourth-order valence-corrected chi connectivity index (χ4v) is 3.29. The zero-order valence-electron chi connectivity index (χ0n) is 9.99. The van der Waals surface area contributed by atoms with Gasteiger partial charge in [0.2, 0.25) is 0 Å². The highest BCUT2D eigenvalue weighted by atomic mass is 79.9. The Labute approximate surface area is 111 Å². The average molecular weight is 296 g/mol. The lowest BCUT2D eigenvalue weighted by atomic mass is 10.1. The van der Waals surface area contributed by atoms with Crippen LogP contribution in [0.15, 0.2) is 22.7 Å². The molecule has 1 fully saturated rings. The van der Waals surface area contributed by atoms with Crippen molar-refractivity contribution < 1.29 is 4.74 Å². The zero-order valence-corrected chi connectivity index (χ0v) is 11.6. The molecular formula is C14H18BrNO. The molecule has 1 saturated carbocycles. The predicted octanol–water partition coefficient (Wildman–Crippen LogP) is 3.84. The lowest BCUT2D eigenvalue weighted by molar-refractivity contribution is 0.303. The van der Waals surface area contributed by atoms with Crippen molar-refractivity contribution in [2.75, 3.05) is 24.6 Å². The second kappa shape index (κ2) is 4.89. The van der Waals surface area contributed by atoms with E-state index in [1.165, 1.54) is 37.9 Å². The number of hydrogen-bond acceptors (Lipinski definition) is 2. The van der Waals surface area contributed by atoms with Crippen LogP contribution in [0.3, 0.4) is 0 Å². The number of ether oxygens (including phenoxy) is 1. The summed E-state index contributed by atoms with van der Waals surface area (Å²) in [6.45, 7) is 3.05. The van der Waals surface area contributed by atoms with Gasteiger partial charge in [-0.2, -0.15) is 0 Å². The molecule has 0 spiro atoms. The molecule has 17 heavy (non-hydrogen) atoms. The minimum Gasteiger partial charge on any atom is -0.490 e. The third kappa shape index (κ3) is 2.44. The molecule has 0 amide bonds. The number of nitrogens with zero attached hydrogens (tertiary/aromatic N) is 1. The monoisotopic (exact) mass is 295 g/mol. The van der Waals surface area contributed by atoms with Crippen molar-refractivity contribution >= 4 is 21.6 Å². The van der Waals surface area contributed by atoms with E-state index >= 15 is 0 Å². The first-order chi connectivity index (χ1) is 8.33. The van der Waals surface area contributed by atoms with E-state index in [2.05, 4.69) is 39.0 Å². The van der Waals surface area contributed by atoms with Gasteiger partial charge in [-0.05, 0) is 37.0 Å². The van der Waals surface area contributed by atoms with Gasteiger partial charge in [0.25, 0.3) is 0 Å². The highest BCUT2D eigenvalue weighted by Crippen LogP contribution is 2.36. The largest absolute Gasteiger partial charge is 0.490 e. The fraction of sp³-hybridized carbons (Fsp3) is 0.571. The van der Waals surface area contributed by atoms with Crippen LogP contribution in [0.1, 0.15) is 25.7 Å². The van der Waals surface area contributed by atoms with Crippen LogP contribution in [0.25, 0.3) is 0 Å².